The topological polar surface area (TPSA) is 166 Å². The zero-order valence-electron chi connectivity index (χ0n) is 24.1. The number of carbonyl (C=O) groups excluding carboxylic acids is 3. The lowest BCUT2D eigenvalue weighted by Crippen LogP contribution is -2.55. The molecule has 1 aromatic carbocycles. The Morgan fingerprint density at radius 3 is 2.41 bits per heavy atom. The van der Waals surface area contributed by atoms with Gasteiger partial charge in [0, 0.05) is 44.9 Å². The lowest BCUT2D eigenvalue weighted by Gasteiger charge is -2.28. The summed E-state index contributed by atoms with van der Waals surface area (Å²) in [5.74, 6) is 0.508. The van der Waals surface area contributed by atoms with Crippen molar-refractivity contribution < 1.29 is 28.4 Å². The molecule has 0 fully saturated rings. The third kappa shape index (κ3) is 5.69. The average Bonchev–Trinajstić information content (AvgIpc) is 3.45. The van der Waals surface area contributed by atoms with Crippen molar-refractivity contribution in [3.05, 3.63) is 90.1 Å². The monoisotopic (exact) mass is 597 g/mol. The van der Waals surface area contributed by atoms with Crippen LogP contribution in [-0.4, -0.2) is 70.7 Å². The van der Waals surface area contributed by atoms with Crippen molar-refractivity contribution >= 4 is 29.4 Å². The van der Waals surface area contributed by atoms with E-state index in [1.165, 1.54) is 9.80 Å². The van der Waals surface area contributed by atoms with Crippen LogP contribution in [0.4, 0.5) is 11.6 Å². The van der Waals surface area contributed by atoms with Crippen LogP contribution in [0.5, 0.6) is 11.5 Å². The van der Waals surface area contributed by atoms with Gasteiger partial charge in [0.25, 0.3) is 11.8 Å². The molecule has 44 heavy (non-hydrogen) atoms. The van der Waals surface area contributed by atoms with E-state index in [9.17, 15) is 14.4 Å². The summed E-state index contributed by atoms with van der Waals surface area (Å²) in [6.45, 7) is 1.76. The van der Waals surface area contributed by atoms with Gasteiger partial charge in [0.1, 0.15) is 30.1 Å². The Labute approximate surface area is 252 Å². The largest absolute Gasteiger partial charge is 0.484 e. The summed E-state index contributed by atoms with van der Waals surface area (Å²) < 4.78 is 17.6. The fourth-order valence-electron chi connectivity index (χ4n) is 5.27. The van der Waals surface area contributed by atoms with Crippen molar-refractivity contribution in [2.24, 2.45) is 5.73 Å². The Kier molecular flexibility index (Phi) is 7.94. The summed E-state index contributed by atoms with van der Waals surface area (Å²) in [7, 11) is 1.59. The number of hydrogen-bond acceptors (Lipinski definition) is 10. The number of pyridine rings is 2. The highest BCUT2D eigenvalue weighted by molar-refractivity contribution is 6.03. The quantitative estimate of drug-likeness (QED) is 0.322. The number of benzene rings is 1. The Hall–Kier alpha value is -5.30. The number of rotatable bonds is 7. The van der Waals surface area contributed by atoms with E-state index in [1.807, 2.05) is 30.3 Å². The highest BCUT2D eigenvalue weighted by atomic mass is 16.5. The van der Waals surface area contributed by atoms with Gasteiger partial charge in [-0.05, 0) is 36.8 Å². The maximum Gasteiger partial charge on any atom is 0.274 e. The van der Waals surface area contributed by atoms with E-state index < -0.39 is 36.1 Å². The number of nitrogens with two attached hydrogens (primary N) is 1. The highest BCUT2D eigenvalue weighted by Crippen LogP contribution is 2.33. The smallest absolute Gasteiger partial charge is 0.274 e. The first kappa shape index (κ1) is 28.8. The number of hydrogen-bond donors (Lipinski definition) is 2. The van der Waals surface area contributed by atoms with E-state index >= 15 is 0 Å². The molecule has 0 radical (unpaired) electrons. The van der Waals surface area contributed by atoms with Gasteiger partial charge < -0.3 is 25.0 Å². The number of anilines is 2. The minimum absolute atomic E-state index is 0.0371. The highest BCUT2D eigenvalue weighted by Gasteiger charge is 2.40. The summed E-state index contributed by atoms with van der Waals surface area (Å²) in [5.41, 5.74) is 7.38. The van der Waals surface area contributed by atoms with Crippen LogP contribution in [0.25, 0.3) is 0 Å². The first-order valence-electron chi connectivity index (χ1n) is 14.2. The Morgan fingerprint density at radius 1 is 0.955 bits per heavy atom. The Bertz CT molecular complexity index is 1680. The molecule has 3 aromatic heterocycles. The van der Waals surface area contributed by atoms with E-state index in [2.05, 4.69) is 20.4 Å². The Balaban J connectivity index is 1.21. The minimum atomic E-state index is -1.09. The molecule has 0 bridgehead atoms. The molecule has 2 aliphatic rings. The molecule has 3 N–H and O–H groups in total. The first-order chi connectivity index (χ1) is 21.3. The number of ether oxygens (including phenoxy) is 2. The number of carbonyl (C=O) groups is 3. The second-order valence-electron chi connectivity index (χ2n) is 10.6. The van der Waals surface area contributed by atoms with E-state index in [0.717, 1.165) is 5.56 Å². The summed E-state index contributed by atoms with van der Waals surface area (Å²) in [6, 6.07) is 15.9. The molecule has 4 atom stereocenters. The second kappa shape index (κ2) is 12.1. The fraction of sp³-hybridized carbons (Fsp3) is 0.290. The molecule has 226 valence electrons. The SMILES string of the molecule is C[C@H]1Oc2cccnc2N(CC[C@H]2Oc3cccnc3N(C)C(=O)[C@H]2N)C(=O)[C@H]1NC(=O)c1cc(Cc2ccccc2)on1. The number of fused-ring (bicyclic) bond motifs is 2. The maximum absolute atomic E-state index is 14.1. The summed E-state index contributed by atoms with van der Waals surface area (Å²) in [6.07, 6.45) is 2.22. The van der Waals surface area contributed by atoms with Gasteiger partial charge in [-0.15, -0.1) is 0 Å². The number of nitrogens with zero attached hydrogens (tertiary/aromatic N) is 5. The average molecular weight is 598 g/mol. The van der Waals surface area contributed by atoms with Crippen LogP contribution < -0.4 is 30.3 Å². The third-order valence-corrected chi connectivity index (χ3v) is 7.62. The van der Waals surface area contributed by atoms with Crippen LogP contribution in [0.15, 0.2) is 77.6 Å². The molecular weight excluding hydrogens is 566 g/mol. The fourth-order valence-corrected chi connectivity index (χ4v) is 5.27. The molecule has 4 aromatic rings. The molecular formula is C31H31N7O6. The zero-order chi connectivity index (χ0) is 30.8. The van der Waals surface area contributed by atoms with Gasteiger partial charge in [-0.2, -0.15) is 0 Å². The van der Waals surface area contributed by atoms with Crippen molar-refractivity contribution in [1.29, 1.82) is 0 Å². The standard InChI is InChI=1S/C31H31N7O6/c1-18-26(35-29(39)21-17-20(44-36-21)16-19-8-4-3-5-9-19)31(41)38(28-24(42-18)11-7-14-34-28)15-12-22-25(32)30(40)37(2)27-23(43-22)10-6-13-33-27/h3-11,13-14,17-18,22,25-26H,12,15-16,32H2,1-2H3,(H,35,39)/t18-,22-,25+,26+/m1/s1. The van der Waals surface area contributed by atoms with E-state index in [1.54, 1.807) is 56.7 Å². The van der Waals surface area contributed by atoms with E-state index in [4.69, 9.17) is 19.7 Å². The van der Waals surface area contributed by atoms with Crippen LogP contribution >= 0.6 is 0 Å². The van der Waals surface area contributed by atoms with Gasteiger partial charge in [0.05, 0.1) is 0 Å². The molecule has 0 saturated heterocycles. The van der Waals surface area contributed by atoms with Crippen molar-refractivity contribution in [3.8, 4) is 11.5 Å². The third-order valence-electron chi connectivity index (χ3n) is 7.62. The molecule has 13 heteroatoms. The number of nitrogens with one attached hydrogen (secondary N) is 1. The van der Waals surface area contributed by atoms with Crippen molar-refractivity contribution in [1.82, 2.24) is 20.4 Å². The molecule has 0 aliphatic carbocycles. The van der Waals surface area contributed by atoms with Gasteiger partial charge in [-0.3, -0.25) is 24.2 Å². The number of amides is 3. The molecule has 5 heterocycles. The predicted molar refractivity (Wildman–Crippen MR) is 158 cm³/mol. The van der Waals surface area contributed by atoms with Crippen molar-refractivity contribution in [2.45, 2.75) is 44.1 Å². The van der Waals surface area contributed by atoms with Crippen LogP contribution in [0.1, 0.15) is 35.2 Å². The van der Waals surface area contributed by atoms with Crippen LogP contribution in [-0.2, 0) is 16.0 Å². The molecule has 3 amide bonds. The van der Waals surface area contributed by atoms with Crippen LogP contribution in [0.3, 0.4) is 0 Å². The minimum Gasteiger partial charge on any atom is -0.484 e. The first-order valence-corrected chi connectivity index (χ1v) is 14.2. The lowest BCUT2D eigenvalue weighted by atomic mass is 10.1. The van der Waals surface area contributed by atoms with Gasteiger partial charge >= 0.3 is 0 Å². The molecule has 13 nitrogen and oxygen atoms in total. The molecule has 6 rings (SSSR count). The van der Waals surface area contributed by atoms with Crippen molar-refractivity contribution in [2.75, 3.05) is 23.4 Å². The number of aromatic nitrogens is 3. The molecule has 0 unspecified atom stereocenters. The van der Waals surface area contributed by atoms with Gasteiger partial charge in [-0.1, -0.05) is 35.5 Å². The molecule has 0 spiro atoms. The summed E-state index contributed by atoms with van der Waals surface area (Å²) >= 11 is 0. The lowest BCUT2D eigenvalue weighted by molar-refractivity contribution is -0.122. The van der Waals surface area contributed by atoms with Crippen LogP contribution in [0.2, 0.25) is 0 Å². The molecule has 0 saturated carbocycles. The molecule has 2 aliphatic heterocycles. The van der Waals surface area contributed by atoms with Crippen LogP contribution in [0, 0.1) is 0 Å². The van der Waals surface area contributed by atoms with E-state index in [0.29, 0.717) is 29.5 Å². The number of likely N-dealkylation sites (N-methyl/N-ethyl adjacent to an activating group) is 1. The normalized spacial score (nSPS) is 21.3. The van der Waals surface area contributed by atoms with Gasteiger partial charge in [-0.25, -0.2) is 9.97 Å². The summed E-state index contributed by atoms with van der Waals surface area (Å²) in [5, 5.41) is 6.69. The van der Waals surface area contributed by atoms with Gasteiger partial charge in [0.2, 0.25) is 5.91 Å². The van der Waals surface area contributed by atoms with Gasteiger partial charge in [0.15, 0.2) is 28.8 Å². The zero-order valence-corrected chi connectivity index (χ0v) is 24.1. The second-order valence-corrected chi connectivity index (χ2v) is 10.6. The predicted octanol–water partition coefficient (Wildman–Crippen LogP) is 2.11. The van der Waals surface area contributed by atoms with E-state index in [-0.39, 0.29) is 30.4 Å². The maximum atomic E-state index is 14.1. The Morgan fingerprint density at radius 2 is 1.66 bits per heavy atom. The van der Waals surface area contributed by atoms with Crippen molar-refractivity contribution in [3.63, 3.8) is 0 Å². The summed E-state index contributed by atoms with van der Waals surface area (Å²) in [4.78, 5) is 51.8.